The number of hydrogen-bond donors (Lipinski definition) is 2. The number of carbonyl (C=O) groups excluding carboxylic acids is 1. The van der Waals surface area contributed by atoms with E-state index in [0.717, 1.165) is 27.5 Å². The van der Waals surface area contributed by atoms with Crippen LogP contribution in [0.15, 0.2) is 85.3 Å². The van der Waals surface area contributed by atoms with E-state index in [1.165, 1.54) is 24.5 Å². The summed E-state index contributed by atoms with van der Waals surface area (Å²) in [4.78, 5) is 22.9. The smallest absolute Gasteiger partial charge is 0.248 e. The van der Waals surface area contributed by atoms with Gasteiger partial charge in [0.2, 0.25) is 5.91 Å². The molecule has 0 spiro atoms. The molecule has 0 radical (unpaired) electrons. The first-order valence-electron chi connectivity index (χ1n) is 11.8. The second-order valence-electron chi connectivity index (χ2n) is 8.94. The Hall–Kier alpha value is -4.63. The lowest BCUT2D eigenvalue weighted by Gasteiger charge is -2.10. The Morgan fingerprint density at radius 1 is 1.05 bits per heavy atom. The van der Waals surface area contributed by atoms with Crippen LogP contribution in [0.5, 0.6) is 0 Å². The summed E-state index contributed by atoms with van der Waals surface area (Å²) < 4.78 is 15.4. The summed E-state index contributed by atoms with van der Waals surface area (Å²) in [5.74, 6) is 0.198. The number of aromatic nitrogens is 4. The van der Waals surface area contributed by atoms with Gasteiger partial charge in [0.25, 0.3) is 0 Å². The van der Waals surface area contributed by atoms with E-state index in [0.29, 0.717) is 30.1 Å². The summed E-state index contributed by atoms with van der Waals surface area (Å²) in [6.07, 6.45) is 6.61. The standard InChI is InChI=1S/C28H26FN7O/c1-35(2)12-4-7-27(37)33-23-8-10-24-25(15-23)30-18-31-28(24)34-22-9-11-26-20(14-22)16-32-36(26)17-19-5-3-6-21(29)13-19/h3-11,13-16,18H,12,17H2,1-2H3,(H,33,37)(H,30,31,34)/b7-4+. The van der Waals surface area contributed by atoms with E-state index in [1.54, 1.807) is 12.3 Å². The molecule has 0 aliphatic carbocycles. The van der Waals surface area contributed by atoms with Crippen molar-refractivity contribution in [3.63, 3.8) is 0 Å². The van der Waals surface area contributed by atoms with Crippen LogP contribution < -0.4 is 10.6 Å². The van der Waals surface area contributed by atoms with Gasteiger partial charge in [-0.05, 0) is 68.2 Å². The number of rotatable bonds is 8. The fraction of sp³-hybridized carbons (Fsp3) is 0.143. The van der Waals surface area contributed by atoms with Crippen LogP contribution in [0.2, 0.25) is 0 Å². The zero-order chi connectivity index (χ0) is 25.8. The molecule has 1 amide bonds. The largest absolute Gasteiger partial charge is 0.340 e. The maximum atomic E-state index is 13.6. The number of halogens is 1. The Kier molecular flexibility index (Phi) is 6.87. The van der Waals surface area contributed by atoms with Gasteiger partial charge in [0, 0.05) is 34.8 Å². The molecule has 2 heterocycles. The Morgan fingerprint density at radius 2 is 1.92 bits per heavy atom. The van der Waals surface area contributed by atoms with Crippen LogP contribution in [0.1, 0.15) is 5.56 Å². The number of hydrogen-bond acceptors (Lipinski definition) is 6. The number of nitrogens with one attached hydrogen (secondary N) is 2. The van der Waals surface area contributed by atoms with Crippen LogP contribution in [0.3, 0.4) is 0 Å². The third-order valence-electron chi connectivity index (χ3n) is 5.77. The Bertz CT molecular complexity index is 1610. The molecule has 186 valence electrons. The van der Waals surface area contributed by atoms with Gasteiger partial charge in [0.15, 0.2) is 0 Å². The number of amides is 1. The molecular formula is C28H26FN7O. The lowest BCUT2D eigenvalue weighted by Crippen LogP contribution is -2.12. The summed E-state index contributed by atoms with van der Waals surface area (Å²) in [5, 5.41) is 12.5. The van der Waals surface area contributed by atoms with Gasteiger partial charge in [-0.15, -0.1) is 0 Å². The predicted molar refractivity (Wildman–Crippen MR) is 144 cm³/mol. The fourth-order valence-corrected chi connectivity index (χ4v) is 4.02. The molecule has 0 atom stereocenters. The van der Waals surface area contributed by atoms with Crippen LogP contribution in [-0.2, 0) is 11.3 Å². The Labute approximate surface area is 213 Å². The molecule has 3 aromatic carbocycles. The number of nitrogens with zero attached hydrogens (tertiary/aromatic N) is 5. The summed E-state index contributed by atoms with van der Waals surface area (Å²) in [5.41, 5.74) is 4.00. The first-order valence-corrected chi connectivity index (χ1v) is 11.8. The van der Waals surface area contributed by atoms with Gasteiger partial charge in [-0.25, -0.2) is 14.4 Å². The van der Waals surface area contributed by atoms with Crippen molar-refractivity contribution < 1.29 is 9.18 Å². The quantitative estimate of drug-likeness (QED) is 0.296. The molecule has 9 heteroatoms. The molecule has 5 aromatic rings. The highest BCUT2D eigenvalue weighted by molar-refractivity contribution is 6.01. The van der Waals surface area contributed by atoms with E-state index in [9.17, 15) is 9.18 Å². The van der Waals surface area contributed by atoms with Crippen LogP contribution in [0.4, 0.5) is 21.6 Å². The van der Waals surface area contributed by atoms with Crippen molar-refractivity contribution in [2.45, 2.75) is 6.54 Å². The van der Waals surface area contributed by atoms with Gasteiger partial charge < -0.3 is 15.5 Å². The van der Waals surface area contributed by atoms with Gasteiger partial charge in [0.1, 0.15) is 18.0 Å². The highest BCUT2D eigenvalue weighted by atomic mass is 19.1. The number of anilines is 3. The van der Waals surface area contributed by atoms with E-state index in [-0.39, 0.29) is 11.7 Å². The van der Waals surface area contributed by atoms with Gasteiger partial charge in [-0.1, -0.05) is 18.2 Å². The number of likely N-dealkylation sites (N-methyl/N-ethyl adjacent to an activating group) is 1. The third-order valence-corrected chi connectivity index (χ3v) is 5.77. The zero-order valence-electron chi connectivity index (χ0n) is 20.5. The second kappa shape index (κ2) is 10.5. The zero-order valence-corrected chi connectivity index (χ0v) is 20.5. The SMILES string of the molecule is CN(C)C/C=C/C(=O)Nc1ccc2c(Nc3ccc4c(cnn4Cc4cccc(F)c4)c3)ncnc2c1. The van der Waals surface area contributed by atoms with Crippen molar-refractivity contribution in [1.29, 1.82) is 0 Å². The molecule has 37 heavy (non-hydrogen) atoms. The number of carbonyl (C=O) groups is 1. The van der Waals surface area contributed by atoms with Crippen LogP contribution in [0.25, 0.3) is 21.8 Å². The molecular weight excluding hydrogens is 469 g/mol. The third kappa shape index (κ3) is 5.79. The minimum atomic E-state index is -0.260. The van der Waals surface area contributed by atoms with Crippen LogP contribution >= 0.6 is 0 Å². The molecule has 0 aliphatic rings. The molecule has 0 saturated carbocycles. The molecule has 0 aliphatic heterocycles. The van der Waals surface area contributed by atoms with Crippen molar-refractivity contribution in [3.05, 3.63) is 96.7 Å². The minimum absolute atomic E-state index is 0.195. The van der Waals surface area contributed by atoms with Crippen molar-refractivity contribution in [3.8, 4) is 0 Å². The molecule has 0 bridgehead atoms. The summed E-state index contributed by atoms with van der Waals surface area (Å²) in [7, 11) is 3.88. The van der Waals surface area contributed by atoms with Crippen molar-refractivity contribution >= 4 is 44.9 Å². The minimum Gasteiger partial charge on any atom is -0.340 e. The average Bonchev–Trinajstić information content (AvgIpc) is 3.25. The highest BCUT2D eigenvalue weighted by Crippen LogP contribution is 2.27. The molecule has 2 N–H and O–H groups in total. The Morgan fingerprint density at radius 3 is 2.76 bits per heavy atom. The predicted octanol–water partition coefficient (Wildman–Crippen LogP) is 4.97. The molecule has 0 fully saturated rings. The van der Waals surface area contributed by atoms with Crippen molar-refractivity contribution in [1.82, 2.24) is 24.6 Å². The average molecular weight is 496 g/mol. The first-order chi connectivity index (χ1) is 17.9. The molecule has 5 rings (SSSR count). The fourth-order valence-electron chi connectivity index (χ4n) is 4.02. The maximum Gasteiger partial charge on any atom is 0.248 e. The van der Waals surface area contributed by atoms with Crippen molar-refractivity contribution in [2.75, 3.05) is 31.3 Å². The lowest BCUT2D eigenvalue weighted by molar-refractivity contribution is -0.111. The number of fused-ring (bicyclic) bond motifs is 2. The molecule has 0 saturated heterocycles. The summed E-state index contributed by atoms with van der Waals surface area (Å²) in [6.45, 7) is 1.17. The van der Waals surface area contributed by atoms with E-state index < -0.39 is 0 Å². The topological polar surface area (TPSA) is 88.0 Å². The first kappa shape index (κ1) is 24.1. The summed E-state index contributed by atoms with van der Waals surface area (Å²) >= 11 is 0. The lowest BCUT2D eigenvalue weighted by atomic mass is 10.2. The number of benzene rings is 3. The van der Waals surface area contributed by atoms with E-state index >= 15 is 0 Å². The van der Waals surface area contributed by atoms with Gasteiger partial charge in [0.05, 0.1) is 23.8 Å². The van der Waals surface area contributed by atoms with Gasteiger partial charge >= 0.3 is 0 Å². The molecule has 2 aromatic heterocycles. The molecule has 0 unspecified atom stereocenters. The van der Waals surface area contributed by atoms with E-state index in [2.05, 4.69) is 25.7 Å². The van der Waals surface area contributed by atoms with Crippen LogP contribution in [-0.4, -0.2) is 51.2 Å². The van der Waals surface area contributed by atoms with Crippen molar-refractivity contribution in [2.24, 2.45) is 0 Å². The second-order valence-corrected chi connectivity index (χ2v) is 8.94. The van der Waals surface area contributed by atoms with Gasteiger partial charge in [-0.2, -0.15) is 5.10 Å². The molecule has 8 nitrogen and oxygen atoms in total. The summed E-state index contributed by atoms with van der Waals surface area (Å²) in [6, 6.07) is 18.0. The van der Waals surface area contributed by atoms with E-state index in [4.69, 9.17) is 0 Å². The van der Waals surface area contributed by atoms with Gasteiger partial charge in [-0.3, -0.25) is 9.48 Å². The highest BCUT2D eigenvalue weighted by Gasteiger charge is 2.09. The monoisotopic (exact) mass is 495 g/mol. The maximum absolute atomic E-state index is 13.6. The normalized spacial score (nSPS) is 11.6. The Balaban J connectivity index is 1.33. The van der Waals surface area contributed by atoms with E-state index in [1.807, 2.05) is 72.2 Å². The van der Waals surface area contributed by atoms with Crippen LogP contribution in [0, 0.1) is 5.82 Å².